The van der Waals surface area contributed by atoms with Gasteiger partial charge in [-0.05, 0) is 39.7 Å². The van der Waals surface area contributed by atoms with Crippen LogP contribution in [0.4, 0.5) is 16.2 Å². The molecular formula is C17H24N4O4. The van der Waals surface area contributed by atoms with Gasteiger partial charge in [-0.15, -0.1) is 0 Å². The molecule has 25 heavy (non-hydrogen) atoms. The van der Waals surface area contributed by atoms with Crippen LogP contribution in [0.3, 0.4) is 0 Å². The van der Waals surface area contributed by atoms with E-state index in [0.29, 0.717) is 37.2 Å². The predicted molar refractivity (Wildman–Crippen MR) is 95.4 cm³/mol. The Balaban J connectivity index is 1.98. The van der Waals surface area contributed by atoms with Crippen molar-refractivity contribution in [2.24, 2.45) is 0 Å². The number of nitro benzene ring substituents is 1. The number of hydrogen-bond acceptors (Lipinski definition) is 6. The van der Waals surface area contributed by atoms with E-state index in [1.807, 2.05) is 20.8 Å². The number of likely N-dealkylation sites (tertiary alicyclic amines) is 1. The third kappa shape index (κ3) is 5.17. The van der Waals surface area contributed by atoms with Crippen molar-refractivity contribution < 1.29 is 14.5 Å². The summed E-state index contributed by atoms with van der Waals surface area (Å²) in [5.74, 6) is 0. The second-order valence-corrected chi connectivity index (χ2v) is 7.06. The molecule has 1 aliphatic rings. The molecule has 136 valence electrons. The molecule has 1 aromatic carbocycles. The summed E-state index contributed by atoms with van der Waals surface area (Å²) in [6.07, 6.45) is 2.27. The van der Waals surface area contributed by atoms with Crippen molar-refractivity contribution in [3.63, 3.8) is 0 Å². The molecule has 0 unspecified atom stereocenters. The normalized spacial score (nSPS) is 15.6. The molecule has 1 aliphatic heterocycles. The second kappa shape index (κ2) is 7.50. The first-order chi connectivity index (χ1) is 11.7. The Hall–Kier alpha value is -2.64. The smallest absolute Gasteiger partial charge is 0.410 e. The summed E-state index contributed by atoms with van der Waals surface area (Å²) in [5, 5.41) is 21.7. The van der Waals surface area contributed by atoms with Gasteiger partial charge in [0.25, 0.3) is 5.69 Å². The first kappa shape index (κ1) is 18.7. The molecule has 0 spiro atoms. The first-order valence-corrected chi connectivity index (χ1v) is 8.23. The maximum absolute atomic E-state index is 12.1. The van der Waals surface area contributed by atoms with E-state index in [4.69, 9.17) is 10.1 Å². The molecule has 0 aromatic heterocycles. The summed E-state index contributed by atoms with van der Waals surface area (Å²) in [6.45, 7) is 6.62. The molecule has 8 heteroatoms. The molecule has 8 nitrogen and oxygen atoms in total. The monoisotopic (exact) mass is 348 g/mol. The Bertz CT molecular complexity index is 661. The predicted octanol–water partition coefficient (Wildman–Crippen LogP) is 3.40. The highest BCUT2D eigenvalue weighted by Gasteiger charge is 2.27. The zero-order chi connectivity index (χ0) is 18.6. The number of amides is 1. The molecule has 2 rings (SSSR count). The molecule has 1 aromatic rings. The number of carbonyl (C=O) groups excluding carboxylic acids is 1. The lowest BCUT2D eigenvalue weighted by molar-refractivity contribution is -0.384. The van der Waals surface area contributed by atoms with Gasteiger partial charge in [0.05, 0.1) is 4.92 Å². The summed E-state index contributed by atoms with van der Waals surface area (Å²) < 4.78 is 5.37. The van der Waals surface area contributed by atoms with E-state index >= 15 is 0 Å². The molecule has 0 radical (unpaired) electrons. The van der Waals surface area contributed by atoms with Crippen molar-refractivity contribution in [3.05, 3.63) is 33.9 Å². The van der Waals surface area contributed by atoms with Crippen LogP contribution in [0, 0.1) is 15.5 Å². The molecule has 0 aliphatic carbocycles. The van der Waals surface area contributed by atoms with Crippen LogP contribution in [0.15, 0.2) is 18.2 Å². The van der Waals surface area contributed by atoms with E-state index in [2.05, 4.69) is 5.32 Å². The van der Waals surface area contributed by atoms with E-state index in [9.17, 15) is 14.9 Å². The zero-order valence-corrected chi connectivity index (χ0v) is 14.7. The van der Waals surface area contributed by atoms with Crippen LogP contribution >= 0.6 is 0 Å². The molecule has 0 saturated carbocycles. The van der Waals surface area contributed by atoms with Gasteiger partial charge in [0.1, 0.15) is 5.60 Å². The van der Waals surface area contributed by atoms with Gasteiger partial charge >= 0.3 is 6.09 Å². The number of piperidine rings is 1. The lowest BCUT2D eigenvalue weighted by Crippen LogP contribution is -2.44. The van der Waals surface area contributed by atoms with E-state index < -0.39 is 10.5 Å². The average Bonchev–Trinajstić information content (AvgIpc) is 2.53. The minimum absolute atomic E-state index is 0.0145. The van der Waals surface area contributed by atoms with E-state index in [0.717, 1.165) is 0 Å². The van der Waals surface area contributed by atoms with Crippen LogP contribution in [0.2, 0.25) is 0 Å². The lowest BCUT2D eigenvalue weighted by Gasteiger charge is -2.34. The number of nitro groups is 1. The van der Waals surface area contributed by atoms with Crippen molar-refractivity contribution in [3.8, 4) is 0 Å². The highest BCUT2D eigenvalue weighted by atomic mass is 16.6. The Morgan fingerprint density at radius 1 is 1.40 bits per heavy atom. The largest absolute Gasteiger partial charge is 0.444 e. The maximum atomic E-state index is 12.1. The number of non-ortho nitro benzene ring substituents is 1. The van der Waals surface area contributed by atoms with Crippen molar-refractivity contribution in [1.82, 2.24) is 4.90 Å². The van der Waals surface area contributed by atoms with Crippen LogP contribution in [0.1, 0.15) is 39.2 Å². The minimum Gasteiger partial charge on any atom is -0.444 e. The maximum Gasteiger partial charge on any atom is 0.410 e. The molecule has 1 fully saturated rings. The SMILES string of the molecule is CC(C)(C)OC(=O)N1CCC(Nc2cc([N+](=O)[O-])ccc2C=N)CC1. The van der Waals surface area contributed by atoms with Crippen LogP contribution in [-0.2, 0) is 4.74 Å². The fourth-order valence-electron chi connectivity index (χ4n) is 2.66. The van der Waals surface area contributed by atoms with Crippen molar-refractivity contribution in [2.45, 2.75) is 45.3 Å². The zero-order valence-electron chi connectivity index (χ0n) is 14.7. The topological polar surface area (TPSA) is 109 Å². The minimum atomic E-state index is -0.520. The Morgan fingerprint density at radius 2 is 2.04 bits per heavy atom. The number of carbonyl (C=O) groups is 1. The standard InChI is InChI=1S/C17H24N4O4/c1-17(2,3)25-16(22)20-8-6-13(7-9-20)19-15-10-14(21(23)24)5-4-12(15)11-18/h4-5,10-11,13,18-19H,6-9H2,1-3H3. The van der Waals surface area contributed by atoms with Gasteiger partial charge in [0.2, 0.25) is 0 Å². The Labute approximate surface area is 146 Å². The van der Waals surface area contributed by atoms with Crippen molar-refractivity contribution in [2.75, 3.05) is 18.4 Å². The first-order valence-electron chi connectivity index (χ1n) is 8.23. The fraction of sp³-hybridized carbons (Fsp3) is 0.529. The van der Waals surface area contributed by atoms with Crippen LogP contribution in [-0.4, -0.2) is 46.9 Å². The highest BCUT2D eigenvalue weighted by Crippen LogP contribution is 2.25. The third-order valence-electron chi connectivity index (χ3n) is 3.91. The van der Waals surface area contributed by atoms with Gasteiger partial charge in [-0.3, -0.25) is 10.1 Å². The van der Waals surface area contributed by atoms with Crippen LogP contribution in [0.5, 0.6) is 0 Å². The Kier molecular flexibility index (Phi) is 5.61. The molecule has 0 atom stereocenters. The van der Waals surface area contributed by atoms with Gasteiger partial charge < -0.3 is 20.4 Å². The molecular weight excluding hydrogens is 324 g/mol. The number of nitrogens with zero attached hydrogens (tertiary/aromatic N) is 2. The summed E-state index contributed by atoms with van der Waals surface area (Å²) in [4.78, 5) is 24.2. The van der Waals surface area contributed by atoms with Gasteiger partial charge in [0.15, 0.2) is 0 Å². The highest BCUT2D eigenvalue weighted by molar-refractivity contribution is 5.86. The number of nitrogens with one attached hydrogen (secondary N) is 2. The number of rotatable bonds is 4. The lowest BCUT2D eigenvalue weighted by atomic mass is 10.0. The Morgan fingerprint density at radius 3 is 2.56 bits per heavy atom. The second-order valence-electron chi connectivity index (χ2n) is 7.06. The van der Waals surface area contributed by atoms with Crippen molar-refractivity contribution >= 4 is 23.7 Å². The number of hydrogen-bond donors (Lipinski definition) is 2. The molecule has 1 saturated heterocycles. The van der Waals surface area contributed by atoms with Crippen LogP contribution < -0.4 is 5.32 Å². The van der Waals surface area contributed by atoms with Gasteiger partial charge in [-0.1, -0.05) is 0 Å². The third-order valence-corrected chi connectivity index (χ3v) is 3.91. The van der Waals surface area contributed by atoms with Crippen molar-refractivity contribution in [1.29, 1.82) is 5.41 Å². The number of anilines is 1. The van der Waals surface area contributed by atoms with Gasteiger partial charge in [-0.25, -0.2) is 4.79 Å². The summed E-state index contributed by atoms with van der Waals surface area (Å²) in [6, 6.07) is 4.47. The summed E-state index contributed by atoms with van der Waals surface area (Å²) >= 11 is 0. The molecule has 1 amide bonds. The molecule has 1 heterocycles. The summed E-state index contributed by atoms with van der Waals surface area (Å²) in [5.41, 5.74) is 0.632. The van der Waals surface area contributed by atoms with E-state index in [-0.39, 0.29) is 17.8 Å². The molecule has 2 N–H and O–H groups in total. The van der Waals surface area contributed by atoms with E-state index in [1.54, 1.807) is 11.0 Å². The fourth-order valence-corrected chi connectivity index (χ4v) is 2.66. The number of benzene rings is 1. The molecule has 0 bridgehead atoms. The van der Waals surface area contributed by atoms with Gasteiger partial charge in [-0.2, -0.15) is 0 Å². The summed E-state index contributed by atoms with van der Waals surface area (Å²) in [7, 11) is 0. The number of ether oxygens (including phenoxy) is 1. The van der Waals surface area contributed by atoms with Crippen LogP contribution in [0.25, 0.3) is 0 Å². The average molecular weight is 348 g/mol. The van der Waals surface area contributed by atoms with Gasteiger partial charge in [0, 0.05) is 48.7 Å². The quantitative estimate of drug-likeness (QED) is 0.492. The van der Waals surface area contributed by atoms with E-state index in [1.165, 1.54) is 18.3 Å².